The summed E-state index contributed by atoms with van der Waals surface area (Å²) in [5.41, 5.74) is 1.29. The zero-order valence-corrected chi connectivity index (χ0v) is 12.5. The third kappa shape index (κ3) is 5.47. The van der Waals surface area contributed by atoms with Gasteiger partial charge in [-0.2, -0.15) is 5.26 Å². The van der Waals surface area contributed by atoms with Crippen molar-refractivity contribution in [3.05, 3.63) is 35.9 Å². The Balaban J connectivity index is 1.86. The second-order valence-electron chi connectivity index (χ2n) is 5.88. The van der Waals surface area contributed by atoms with E-state index >= 15 is 0 Å². The normalized spacial score (nSPS) is 22.9. The number of hydrogen-bond acceptors (Lipinski definition) is 4. The molecular formula is C17H25N3O. The number of nitrogens with one attached hydrogen (secondary N) is 1. The Morgan fingerprint density at radius 3 is 2.81 bits per heavy atom. The van der Waals surface area contributed by atoms with Crippen LogP contribution in [0, 0.1) is 17.2 Å². The summed E-state index contributed by atoms with van der Waals surface area (Å²) in [5.74, 6) is 0.576. The Bertz CT molecular complexity index is 443. The largest absolute Gasteiger partial charge is 0.396 e. The lowest BCUT2D eigenvalue weighted by Gasteiger charge is -2.37. The summed E-state index contributed by atoms with van der Waals surface area (Å²) in [6.07, 6.45) is 3.03. The second kappa shape index (κ2) is 8.78. The van der Waals surface area contributed by atoms with Crippen molar-refractivity contribution in [1.29, 1.82) is 5.26 Å². The third-order valence-electron chi connectivity index (χ3n) is 4.12. The maximum atomic E-state index is 9.00. The van der Waals surface area contributed by atoms with Crippen LogP contribution < -0.4 is 5.32 Å². The molecule has 1 fully saturated rings. The Hall–Kier alpha value is -1.41. The molecule has 2 N–H and O–H groups in total. The first kappa shape index (κ1) is 16.0. The SMILES string of the molecule is N#CCN1CC(CCCO)CC(NCc2ccccc2)C1. The van der Waals surface area contributed by atoms with E-state index in [-0.39, 0.29) is 6.61 Å². The van der Waals surface area contributed by atoms with Gasteiger partial charge in [-0.05, 0) is 30.7 Å². The van der Waals surface area contributed by atoms with Crippen LogP contribution in [0.25, 0.3) is 0 Å². The summed E-state index contributed by atoms with van der Waals surface area (Å²) in [6, 6.07) is 13.1. The number of nitrogens with zero attached hydrogens (tertiary/aromatic N) is 2. The molecule has 1 aromatic rings. The second-order valence-corrected chi connectivity index (χ2v) is 5.88. The van der Waals surface area contributed by atoms with E-state index in [9.17, 15) is 0 Å². The standard InChI is InChI=1S/C17H25N3O/c18-8-9-20-13-16(7-4-10-21)11-17(14-20)19-12-15-5-2-1-3-6-15/h1-3,5-6,16-17,19,21H,4,7,9-14H2. The van der Waals surface area contributed by atoms with Gasteiger partial charge >= 0.3 is 0 Å². The molecule has 1 aliphatic rings. The van der Waals surface area contributed by atoms with Crippen molar-refractivity contribution >= 4 is 0 Å². The number of likely N-dealkylation sites (tertiary alicyclic amines) is 1. The van der Waals surface area contributed by atoms with Gasteiger partial charge in [-0.3, -0.25) is 4.90 Å². The molecule has 0 bridgehead atoms. The predicted octanol–water partition coefficient (Wildman–Crippen LogP) is 1.76. The number of piperidine rings is 1. The lowest BCUT2D eigenvalue weighted by molar-refractivity contribution is 0.142. The first-order valence-electron chi connectivity index (χ1n) is 7.79. The highest BCUT2D eigenvalue weighted by atomic mass is 16.2. The van der Waals surface area contributed by atoms with Gasteiger partial charge in [-0.1, -0.05) is 30.3 Å². The van der Waals surface area contributed by atoms with Gasteiger partial charge in [0.2, 0.25) is 0 Å². The molecule has 0 amide bonds. The van der Waals surface area contributed by atoms with E-state index in [2.05, 4.69) is 40.6 Å². The third-order valence-corrected chi connectivity index (χ3v) is 4.12. The average Bonchev–Trinajstić information content (AvgIpc) is 2.52. The number of benzene rings is 1. The van der Waals surface area contributed by atoms with Crippen LogP contribution in [-0.4, -0.2) is 42.3 Å². The Labute approximate surface area is 127 Å². The Morgan fingerprint density at radius 1 is 1.29 bits per heavy atom. The maximum Gasteiger partial charge on any atom is 0.0866 e. The minimum absolute atomic E-state index is 0.261. The highest BCUT2D eigenvalue weighted by Gasteiger charge is 2.26. The van der Waals surface area contributed by atoms with Crippen LogP contribution in [0.1, 0.15) is 24.8 Å². The zero-order valence-electron chi connectivity index (χ0n) is 12.5. The molecule has 0 aromatic heterocycles. The molecule has 2 unspecified atom stereocenters. The molecule has 21 heavy (non-hydrogen) atoms. The van der Waals surface area contributed by atoms with E-state index in [1.54, 1.807) is 0 Å². The number of aliphatic hydroxyl groups excluding tert-OH is 1. The molecule has 1 aromatic carbocycles. The van der Waals surface area contributed by atoms with E-state index in [0.717, 1.165) is 38.9 Å². The fourth-order valence-electron chi connectivity index (χ4n) is 3.13. The average molecular weight is 287 g/mol. The first-order valence-corrected chi connectivity index (χ1v) is 7.79. The molecule has 0 radical (unpaired) electrons. The van der Waals surface area contributed by atoms with Crippen LogP contribution >= 0.6 is 0 Å². The van der Waals surface area contributed by atoms with Crippen LogP contribution in [0.3, 0.4) is 0 Å². The molecule has 0 saturated carbocycles. The minimum atomic E-state index is 0.261. The van der Waals surface area contributed by atoms with Crippen molar-refractivity contribution in [2.24, 2.45) is 5.92 Å². The van der Waals surface area contributed by atoms with Gasteiger partial charge in [-0.25, -0.2) is 0 Å². The molecule has 114 valence electrons. The summed E-state index contributed by atoms with van der Waals surface area (Å²) in [5, 5.41) is 21.5. The van der Waals surface area contributed by atoms with Crippen molar-refractivity contribution < 1.29 is 5.11 Å². The van der Waals surface area contributed by atoms with Gasteiger partial charge in [0.15, 0.2) is 0 Å². The van der Waals surface area contributed by atoms with Crippen LogP contribution in [0.15, 0.2) is 30.3 Å². The van der Waals surface area contributed by atoms with E-state index in [4.69, 9.17) is 10.4 Å². The molecule has 1 aliphatic heterocycles. The molecule has 0 spiro atoms. The van der Waals surface area contributed by atoms with Gasteiger partial charge < -0.3 is 10.4 Å². The van der Waals surface area contributed by atoms with E-state index in [0.29, 0.717) is 18.5 Å². The fraction of sp³-hybridized carbons (Fsp3) is 0.588. The maximum absolute atomic E-state index is 9.00. The summed E-state index contributed by atoms with van der Waals surface area (Å²) in [7, 11) is 0. The monoisotopic (exact) mass is 287 g/mol. The first-order chi connectivity index (χ1) is 10.3. The van der Waals surface area contributed by atoms with Gasteiger partial charge in [-0.15, -0.1) is 0 Å². The quantitative estimate of drug-likeness (QED) is 0.750. The minimum Gasteiger partial charge on any atom is -0.396 e. The summed E-state index contributed by atoms with van der Waals surface area (Å²) >= 11 is 0. The Morgan fingerprint density at radius 2 is 2.10 bits per heavy atom. The highest BCUT2D eigenvalue weighted by molar-refractivity contribution is 5.14. The van der Waals surface area contributed by atoms with Gasteiger partial charge in [0.25, 0.3) is 0 Å². The Kier molecular flexibility index (Phi) is 6.68. The lowest BCUT2D eigenvalue weighted by atomic mass is 9.90. The summed E-state index contributed by atoms with van der Waals surface area (Å²) in [6.45, 7) is 3.56. The van der Waals surface area contributed by atoms with Gasteiger partial charge in [0.05, 0.1) is 12.6 Å². The number of aliphatic hydroxyl groups is 1. The van der Waals surface area contributed by atoms with E-state index in [1.807, 2.05) is 6.07 Å². The number of rotatable bonds is 7. The predicted molar refractivity (Wildman–Crippen MR) is 83.5 cm³/mol. The molecule has 0 aliphatic carbocycles. The number of hydrogen-bond donors (Lipinski definition) is 2. The fourth-order valence-corrected chi connectivity index (χ4v) is 3.13. The van der Waals surface area contributed by atoms with Crippen molar-refractivity contribution in [1.82, 2.24) is 10.2 Å². The highest BCUT2D eigenvalue weighted by Crippen LogP contribution is 2.21. The molecule has 1 heterocycles. The van der Waals surface area contributed by atoms with Crippen molar-refractivity contribution in [3.63, 3.8) is 0 Å². The molecule has 1 saturated heterocycles. The van der Waals surface area contributed by atoms with E-state index in [1.165, 1.54) is 5.56 Å². The summed E-state index contributed by atoms with van der Waals surface area (Å²) < 4.78 is 0. The summed E-state index contributed by atoms with van der Waals surface area (Å²) in [4.78, 5) is 2.23. The van der Waals surface area contributed by atoms with Crippen LogP contribution in [0.2, 0.25) is 0 Å². The van der Waals surface area contributed by atoms with Crippen molar-refractivity contribution in [3.8, 4) is 6.07 Å². The molecular weight excluding hydrogens is 262 g/mol. The van der Waals surface area contributed by atoms with Crippen molar-refractivity contribution in [2.75, 3.05) is 26.2 Å². The molecule has 2 rings (SSSR count). The van der Waals surface area contributed by atoms with Crippen LogP contribution in [0.4, 0.5) is 0 Å². The zero-order chi connectivity index (χ0) is 14.9. The van der Waals surface area contributed by atoms with Crippen molar-refractivity contribution in [2.45, 2.75) is 31.8 Å². The molecule has 4 nitrogen and oxygen atoms in total. The van der Waals surface area contributed by atoms with Crippen LogP contribution in [0.5, 0.6) is 0 Å². The molecule has 2 atom stereocenters. The number of nitriles is 1. The lowest BCUT2D eigenvalue weighted by Crippen LogP contribution is -2.49. The van der Waals surface area contributed by atoms with Gasteiger partial charge in [0, 0.05) is 32.3 Å². The smallest absolute Gasteiger partial charge is 0.0866 e. The van der Waals surface area contributed by atoms with Crippen LogP contribution in [-0.2, 0) is 6.54 Å². The molecule has 4 heteroatoms. The van der Waals surface area contributed by atoms with Gasteiger partial charge in [0.1, 0.15) is 0 Å². The van der Waals surface area contributed by atoms with E-state index < -0.39 is 0 Å². The topological polar surface area (TPSA) is 59.3 Å².